The Labute approximate surface area is 113 Å². The van der Waals surface area contributed by atoms with Gasteiger partial charge in [0.25, 0.3) is 0 Å². The van der Waals surface area contributed by atoms with Crippen molar-refractivity contribution >= 4 is 11.8 Å². The van der Waals surface area contributed by atoms with E-state index in [1.54, 1.807) is 0 Å². The number of hydrogen-bond acceptors (Lipinski definition) is 4. The van der Waals surface area contributed by atoms with Gasteiger partial charge < -0.3 is 15.2 Å². The van der Waals surface area contributed by atoms with E-state index in [0.29, 0.717) is 18.5 Å². The predicted octanol–water partition coefficient (Wildman–Crippen LogP) is 2.99. The molecule has 2 atom stereocenters. The number of ether oxygens (including phenoxy) is 2. The molecule has 2 N–H and O–H groups in total. The topological polar surface area (TPSA) is 44.5 Å². The highest BCUT2D eigenvalue weighted by Gasteiger charge is 2.15. The molecule has 0 spiro atoms. The van der Waals surface area contributed by atoms with Crippen molar-refractivity contribution in [2.45, 2.75) is 31.6 Å². The molecule has 3 nitrogen and oxygen atoms in total. The maximum atomic E-state index is 6.21. The molecule has 2 unspecified atom stereocenters. The Morgan fingerprint density at radius 2 is 2.00 bits per heavy atom. The molecule has 0 aliphatic carbocycles. The van der Waals surface area contributed by atoms with E-state index >= 15 is 0 Å². The van der Waals surface area contributed by atoms with Gasteiger partial charge in [-0.25, -0.2) is 0 Å². The zero-order valence-electron chi connectivity index (χ0n) is 11.0. The van der Waals surface area contributed by atoms with Crippen LogP contribution in [0.5, 0.6) is 11.5 Å². The first-order valence-corrected chi connectivity index (χ1v) is 7.52. The van der Waals surface area contributed by atoms with Crippen molar-refractivity contribution in [2.24, 2.45) is 5.73 Å². The number of fused-ring (bicyclic) bond motifs is 1. The van der Waals surface area contributed by atoms with Gasteiger partial charge in [-0.2, -0.15) is 11.8 Å². The second-order valence-electron chi connectivity index (χ2n) is 4.56. The average Bonchev–Trinajstić information content (AvgIpc) is 2.43. The maximum absolute atomic E-state index is 6.21. The highest BCUT2D eigenvalue weighted by molar-refractivity contribution is 7.99. The molecule has 0 saturated heterocycles. The Kier molecular flexibility index (Phi) is 4.78. The summed E-state index contributed by atoms with van der Waals surface area (Å²) in [7, 11) is 0. The smallest absolute Gasteiger partial charge is 0.161 e. The van der Waals surface area contributed by atoms with E-state index in [2.05, 4.69) is 13.8 Å². The third-order valence-electron chi connectivity index (χ3n) is 3.13. The molecule has 18 heavy (non-hydrogen) atoms. The molecule has 2 rings (SSSR count). The van der Waals surface area contributed by atoms with Gasteiger partial charge in [0.1, 0.15) is 13.2 Å². The molecule has 0 amide bonds. The molecule has 1 aliphatic heterocycles. The number of nitrogens with two attached hydrogens (primary N) is 1. The molecular weight excluding hydrogens is 246 g/mol. The van der Waals surface area contributed by atoms with E-state index < -0.39 is 0 Å². The lowest BCUT2D eigenvalue weighted by Gasteiger charge is -2.21. The largest absolute Gasteiger partial charge is 0.486 e. The third-order valence-corrected chi connectivity index (χ3v) is 4.58. The van der Waals surface area contributed by atoms with Crippen LogP contribution in [0.1, 0.15) is 31.9 Å². The minimum absolute atomic E-state index is 0.0554. The number of benzene rings is 1. The van der Waals surface area contributed by atoms with E-state index in [0.717, 1.165) is 22.8 Å². The second kappa shape index (κ2) is 6.34. The first kappa shape index (κ1) is 13.6. The highest BCUT2D eigenvalue weighted by atomic mass is 32.2. The first-order valence-electron chi connectivity index (χ1n) is 6.47. The summed E-state index contributed by atoms with van der Waals surface area (Å²) < 4.78 is 11.1. The minimum Gasteiger partial charge on any atom is -0.486 e. The fraction of sp³-hybridized carbons (Fsp3) is 0.571. The standard InChI is InChI=1S/C14H21NO2S/c1-3-10(2)18-9-12(15)11-4-5-13-14(8-11)17-7-6-16-13/h4-5,8,10,12H,3,6-7,9,15H2,1-2H3. The summed E-state index contributed by atoms with van der Waals surface area (Å²) in [6, 6.07) is 6.06. The van der Waals surface area contributed by atoms with Gasteiger partial charge in [-0.1, -0.05) is 19.9 Å². The second-order valence-corrected chi connectivity index (χ2v) is 6.03. The SMILES string of the molecule is CCC(C)SCC(N)c1ccc2c(c1)OCCO2. The van der Waals surface area contributed by atoms with E-state index in [9.17, 15) is 0 Å². The lowest BCUT2D eigenvalue weighted by atomic mass is 10.1. The maximum Gasteiger partial charge on any atom is 0.161 e. The highest BCUT2D eigenvalue weighted by Crippen LogP contribution is 2.33. The molecule has 1 aliphatic rings. The zero-order valence-corrected chi connectivity index (χ0v) is 11.8. The Bertz CT molecular complexity index is 397. The average molecular weight is 267 g/mol. The first-order chi connectivity index (χ1) is 8.70. The van der Waals surface area contributed by atoms with E-state index in [4.69, 9.17) is 15.2 Å². The van der Waals surface area contributed by atoms with Gasteiger partial charge in [-0.3, -0.25) is 0 Å². The quantitative estimate of drug-likeness (QED) is 0.890. The van der Waals surface area contributed by atoms with Crippen LogP contribution in [0.2, 0.25) is 0 Å². The van der Waals surface area contributed by atoms with Gasteiger partial charge in [0.15, 0.2) is 11.5 Å². The fourth-order valence-corrected chi connectivity index (χ4v) is 2.74. The van der Waals surface area contributed by atoms with Crippen molar-refractivity contribution in [1.82, 2.24) is 0 Å². The number of thioether (sulfide) groups is 1. The summed E-state index contributed by atoms with van der Waals surface area (Å²) >= 11 is 1.92. The molecule has 100 valence electrons. The third kappa shape index (κ3) is 3.33. The van der Waals surface area contributed by atoms with Crippen molar-refractivity contribution in [3.8, 4) is 11.5 Å². The molecule has 0 radical (unpaired) electrons. The van der Waals surface area contributed by atoms with Crippen LogP contribution in [0.15, 0.2) is 18.2 Å². The van der Waals surface area contributed by atoms with Crippen molar-refractivity contribution in [1.29, 1.82) is 0 Å². The summed E-state index contributed by atoms with van der Waals surface area (Å²) in [5.41, 5.74) is 7.33. The molecule has 4 heteroatoms. The monoisotopic (exact) mass is 267 g/mol. The van der Waals surface area contributed by atoms with Crippen LogP contribution in [0.3, 0.4) is 0 Å². The van der Waals surface area contributed by atoms with Crippen LogP contribution in [0, 0.1) is 0 Å². The molecule has 1 heterocycles. The number of rotatable bonds is 5. The summed E-state index contributed by atoms with van der Waals surface area (Å²) in [5, 5.41) is 0.660. The van der Waals surface area contributed by atoms with E-state index in [1.165, 1.54) is 6.42 Å². The summed E-state index contributed by atoms with van der Waals surface area (Å²) in [6.45, 7) is 5.68. The van der Waals surface area contributed by atoms with Gasteiger partial charge >= 0.3 is 0 Å². The molecular formula is C14H21NO2S. The van der Waals surface area contributed by atoms with E-state index in [1.807, 2.05) is 30.0 Å². The van der Waals surface area contributed by atoms with Crippen LogP contribution in [-0.4, -0.2) is 24.2 Å². The molecule has 0 saturated carbocycles. The van der Waals surface area contributed by atoms with Crippen LogP contribution in [0.4, 0.5) is 0 Å². The fourth-order valence-electron chi connectivity index (χ4n) is 1.77. The molecule has 1 aromatic carbocycles. The minimum atomic E-state index is 0.0554. The van der Waals surface area contributed by atoms with Crippen LogP contribution in [0.25, 0.3) is 0 Å². The van der Waals surface area contributed by atoms with Gasteiger partial charge in [0.2, 0.25) is 0 Å². The Morgan fingerprint density at radius 3 is 2.72 bits per heavy atom. The van der Waals surface area contributed by atoms with Crippen LogP contribution in [-0.2, 0) is 0 Å². The lowest BCUT2D eigenvalue weighted by Crippen LogP contribution is -2.18. The van der Waals surface area contributed by atoms with Crippen molar-refractivity contribution < 1.29 is 9.47 Å². The molecule has 1 aromatic rings. The van der Waals surface area contributed by atoms with Crippen molar-refractivity contribution in [3.05, 3.63) is 23.8 Å². The molecule has 0 fully saturated rings. The lowest BCUT2D eigenvalue weighted by molar-refractivity contribution is 0.171. The van der Waals surface area contributed by atoms with Crippen molar-refractivity contribution in [3.63, 3.8) is 0 Å². The number of hydrogen-bond donors (Lipinski definition) is 1. The summed E-state index contributed by atoms with van der Waals surface area (Å²) in [6.07, 6.45) is 1.18. The predicted molar refractivity (Wildman–Crippen MR) is 76.6 cm³/mol. The van der Waals surface area contributed by atoms with Gasteiger partial charge in [-0.15, -0.1) is 0 Å². The van der Waals surface area contributed by atoms with Crippen LogP contribution >= 0.6 is 11.8 Å². The summed E-state index contributed by atoms with van der Waals surface area (Å²) in [4.78, 5) is 0. The Balaban J connectivity index is 1.99. The van der Waals surface area contributed by atoms with Gasteiger partial charge in [0, 0.05) is 17.0 Å². The molecule has 0 bridgehead atoms. The van der Waals surface area contributed by atoms with E-state index in [-0.39, 0.29) is 6.04 Å². The van der Waals surface area contributed by atoms with Crippen molar-refractivity contribution in [2.75, 3.05) is 19.0 Å². The van der Waals surface area contributed by atoms with Crippen LogP contribution < -0.4 is 15.2 Å². The zero-order chi connectivity index (χ0) is 13.0. The Morgan fingerprint density at radius 1 is 1.28 bits per heavy atom. The van der Waals surface area contributed by atoms with Gasteiger partial charge in [0.05, 0.1) is 0 Å². The molecule has 0 aromatic heterocycles. The Hall–Kier alpha value is -0.870. The normalized spacial score (nSPS) is 17.3. The van der Waals surface area contributed by atoms with Gasteiger partial charge in [-0.05, 0) is 24.1 Å². The summed E-state index contributed by atoms with van der Waals surface area (Å²) in [5.74, 6) is 2.59.